The summed E-state index contributed by atoms with van der Waals surface area (Å²) in [6.45, 7) is 0.205. The molecule has 1 aromatic carbocycles. The molecule has 6 nitrogen and oxygen atoms in total. The Balaban J connectivity index is 1.83. The van der Waals surface area contributed by atoms with Crippen LogP contribution in [0.3, 0.4) is 0 Å². The van der Waals surface area contributed by atoms with E-state index in [1.807, 2.05) is 0 Å². The highest BCUT2D eigenvalue weighted by Crippen LogP contribution is 2.37. The Morgan fingerprint density at radius 2 is 2.30 bits per heavy atom. The second-order valence-electron chi connectivity index (χ2n) is 5.40. The van der Waals surface area contributed by atoms with Crippen LogP contribution in [0.2, 0.25) is 0 Å². The van der Waals surface area contributed by atoms with Gasteiger partial charge >= 0.3 is 0 Å². The van der Waals surface area contributed by atoms with Crippen LogP contribution in [0, 0.1) is 5.92 Å². The number of aliphatic hydroxyl groups is 1. The van der Waals surface area contributed by atoms with E-state index in [2.05, 4.69) is 10.6 Å². The van der Waals surface area contributed by atoms with Crippen molar-refractivity contribution >= 4 is 23.0 Å². The zero-order chi connectivity index (χ0) is 14.1. The number of rotatable bonds is 3. The minimum Gasteiger partial charge on any atom is -0.482 e. The van der Waals surface area contributed by atoms with Gasteiger partial charge in [-0.15, -0.1) is 0 Å². The highest BCUT2D eigenvalue weighted by atomic mass is 16.5. The molecule has 5 N–H and O–H groups in total. The Bertz CT molecular complexity index is 533. The molecule has 3 rings (SSSR count). The van der Waals surface area contributed by atoms with Crippen LogP contribution in [-0.2, 0) is 4.79 Å². The maximum atomic E-state index is 11.3. The lowest BCUT2D eigenvalue weighted by molar-refractivity contribution is -0.118. The Hall–Kier alpha value is -1.95. The molecule has 1 heterocycles. The number of amides is 1. The van der Waals surface area contributed by atoms with E-state index in [0.29, 0.717) is 17.1 Å². The SMILES string of the molecule is Nc1cc2c(cc1NC1CCCC1CO)NC(=O)CO2. The van der Waals surface area contributed by atoms with Gasteiger partial charge in [-0.1, -0.05) is 6.42 Å². The van der Waals surface area contributed by atoms with Crippen LogP contribution in [0.1, 0.15) is 19.3 Å². The minimum atomic E-state index is -0.165. The molecule has 1 aliphatic heterocycles. The number of hydrogen-bond donors (Lipinski definition) is 4. The van der Waals surface area contributed by atoms with Crippen molar-refractivity contribution < 1.29 is 14.6 Å². The lowest BCUT2D eigenvalue weighted by Crippen LogP contribution is -2.28. The van der Waals surface area contributed by atoms with Crippen LogP contribution < -0.4 is 21.1 Å². The van der Waals surface area contributed by atoms with Gasteiger partial charge in [0.15, 0.2) is 6.61 Å². The molecule has 1 fully saturated rings. The van der Waals surface area contributed by atoms with Crippen molar-refractivity contribution in [1.29, 1.82) is 0 Å². The average molecular weight is 277 g/mol. The standard InChI is InChI=1S/C14H19N3O3/c15-9-4-13-12(17-14(19)7-20-13)5-11(9)16-10-3-1-2-8(10)6-18/h4-5,8,10,16,18H,1-3,6-7,15H2,(H,17,19). The fourth-order valence-electron chi connectivity index (χ4n) is 2.91. The predicted octanol–water partition coefficient (Wildman–Crippen LogP) is 1.17. The summed E-state index contributed by atoms with van der Waals surface area (Å²) in [5, 5.41) is 15.5. The number of nitrogens with one attached hydrogen (secondary N) is 2. The van der Waals surface area contributed by atoms with E-state index < -0.39 is 0 Å². The molecule has 20 heavy (non-hydrogen) atoms. The molecular formula is C14H19N3O3. The maximum Gasteiger partial charge on any atom is 0.262 e. The number of anilines is 3. The number of carbonyl (C=O) groups excluding carboxylic acids is 1. The number of ether oxygens (including phenoxy) is 1. The first kappa shape index (κ1) is 13.1. The number of fused-ring (bicyclic) bond motifs is 1. The van der Waals surface area contributed by atoms with E-state index in [0.717, 1.165) is 24.9 Å². The quantitative estimate of drug-likeness (QED) is 0.622. The molecule has 2 aliphatic rings. The molecule has 0 bridgehead atoms. The molecule has 0 spiro atoms. The van der Waals surface area contributed by atoms with E-state index in [-0.39, 0.29) is 31.1 Å². The lowest BCUT2D eigenvalue weighted by Gasteiger charge is -2.24. The summed E-state index contributed by atoms with van der Waals surface area (Å²) < 4.78 is 5.32. The van der Waals surface area contributed by atoms with Crippen molar-refractivity contribution in [2.24, 2.45) is 5.92 Å². The number of nitrogen functional groups attached to an aromatic ring is 1. The highest BCUT2D eigenvalue weighted by molar-refractivity contribution is 5.97. The molecule has 0 aromatic heterocycles. The van der Waals surface area contributed by atoms with Gasteiger partial charge in [-0.2, -0.15) is 0 Å². The van der Waals surface area contributed by atoms with Gasteiger partial charge in [0, 0.05) is 24.6 Å². The first-order valence-electron chi connectivity index (χ1n) is 6.91. The molecule has 0 radical (unpaired) electrons. The summed E-state index contributed by atoms with van der Waals surface area (Å²) in [7, 11) is 0. The number of nitrogens with two attached hydrogens (primary N) is 1. The molecule has 1 amide bonds. The van der Waals surface area contributed by atoms with Crippen molar-refractivity contribution in [2.75, 3.05) is 29.6 Å². The smallest absolute Gasteiger partial charge is 0.262 e. The third kappa shape index (κ3) is 2.38. The van der Waals surface area contributed by atoms with Gasteiger partial charge in [-0.3, -0.25) is 4.79 Å². The predicted molar refractivity (Wildman–Crippen MR) is 76.8 cm³/mol. The third-order valence-corrected chi connectivity index (χ3v) is 4.02. The monoisotopic (exact) mass is 277 g/mol. The molecule has 108 valence electrons. The lowest BCUT2D eigenvalue weighted by atomic mass is 10.0. The van der Waals surface area contributed by atoms with Gasteiger partial charge in [0.1, 0.15) is 5.75 Å². The third-order valence-electron chi connectivity index (χ3n) is 4.02. The molecule has 2 atom stereocenters. The van der Waals surface area contributed by atoms with Gasteiger partial charge in [0.05, 0.1) is 17.1 Å². The van der Waals surface area contributed by atoms with Gasteiger partial charge in [0.25, 0.3) is 5.91 Å². The Labute approximate surface area is 117 Å². The average Bonchev–Trinajstić information content (AvgIpc) is 2.87. The van der Waals surface area contributed by atoms with Gasteiger partial charge < -0.3 is 26.2 Å². The van der Waals surface area contributed by atoms with E-state index in [1.54, 1.807) is 12.1 Å². The van der Waals surface area contributed by atoms with Crippen LogP contribution in [0.4, 0.5) is 17.1 Å². The summed E-state index contributed by atoms with van der Waals surface area (Å²) >= 11 is 0. The molecule has 2 unspecified atom stereocenters. The summed E-state index contributed by atoms with van der Waals surface area (Å²) in [6.07, 6.45) is 3.15. The Morgan fingerprint density at radius 1 is 1.45 bits per heavy atom. The van der Waals surface area contributed by atoms with E-state index >= 15 is 0 Å². The molecule has 0 saturated heterocycles. The van der Waals surface area contributed by atoms with Crippen molar-refractivity contribution in [1.82, 2.24) is 0 Å². The normalized spacial score (nSPS) is 24.8. The number of benzene rings is 1. The highest BCUT2D eigenvalue weighted by Gasteiger charge is 2.27. The zero-order valence-corrected chi connectivity index (χ0v) is 11.2. The molecule has 1 aromatic rings. The topological polar surface area (TPSA) is 96.6 Å². The maximum absolute atomic E-state index is 11.3. The van der Waals surface area contributed by atoms with Crippen molar-refractivity contribution in [3.05, 3.63) is 12.1 Å². The number of aliphatic hydroxyl groups excluding tert-OH is 1. The first-order valence-corrected chi connectivity index (χ1v) is 6.91. The first-order chi connectivity index (χ1) is 9.67. The summed E-state index contributed by atoms with van der Waals surface area (Å²) in [5.74, 6) is 0.691. The van der Waals surface area contributed by atoms with Crippen molar-refractivity contribution in [3.8, 4) is 5.75 Å². The zero-order valence-electron chi connectivity index (χ0n) is 11.2. The number of carbonyl (C=O) groups is 1. The van der Waals surface area contributed by atoms with E-state index in [4.69, 9.17) is 10.5 Å². The molecule has 1 saturated carbocycles. The summed E-state index contributed by atoms with van der Waals surface area (Å²) in [4.78, 5) is 11.3. The summed E-state index contributed by atoms with van der Waals surface area (Å²) in [6, 6.07) is 3.75. The minimum absolute atomic E-state index is 0.0222. The van der Waals surface area contributed by atoms with Crippen LogP contribution in [0.25, 0.3) is 0 Å². The Morgan fingerprint density at radius 3 is 3.10 bits per heavy atom. The van der Waals surface area contributed by atoms with E-state index in [9.17, 15) is 9.90 Å². The van der Waals surface area contributed by atoms with E-state index in [1.165, 1.54) is 0 Å². The largest absolute Gasteiger partial charge is 0.482 e. The Kier molecular flexibility index (Phi) is 3.40. The second kappa shape index (κ2) is 5.20. The van der Waals surface area contributed by atoms with Crippen LogP contribution >= 0.6 is 0 Å². The molecule has 1 aliphatic carbocycles. The van der Waals surface area contributed by atoms with Gasteiger partial charge in [-0.25, -0.2) is 0 Å². The fraction of sp³-hybridized carbons (Fsp3) is 0.500. The van der Waals surface area contributed by atoms with Gasteiger partial charge in [-0.05, 0) is 18.9 Å². The molecule has 6 heteroatoms. The fourth-order valence-corrected chi connectivity index (χ4v) is 2.91. The number of hydrogen-bond acceptors (Lipinski definition) is 5. The second-order valence-corrected chi connectivity index (χ2v) is 5.40. The van der Waals surface area contributed by atoms with Crippen LogP contribution in [0.5, 0.6) is 5.75 Å². The van der Waals surface area contributed by atoms with Gasteiger partial charge in [0.2, 0.25) is 0 Å². The van der Waals surface area contributed by atoms with Crippen molar-refractivity contribution in [2.45, 2.75) is 25.3 Å². The summed E-state index contributed by atoms with van der Waals surface area (Å²) in [5.41, 5.74) is 8.03. The van der Waals surface area contributed by atoms with Crippen LogP contribution in [-0.4, -0.2) is 30.3 Å². The van der Waals surface area contributed by atoms with Crippen molar-refractivity contribution in [3.63, 3.8) is 0 Å². The molecular weight excluding hydrogens is 258 g/mol. The van der Waals surface area contributed by atoms with Crippen LogP contribution in [0.15, 0.2) is 12.1 Å².